The molecular weight excluding hydrogens is 246 g/mol. The molecule has 104 valence electrons. The number of aromatic amines is 1. The first-order chi connectivity index (χ1) is 8.99. The maximum atomic E-state index is 11.7. The summed E-state index contributed by atoms with van der Waals surface area (Å²) in [6.45, 7) is 4.52. The standard InChI is InChI=1S/C13H19N3O3/c1-8(2)9-7-11(17)15-13(14-9)16-6-4-3-5-10(16)12(18)19/h7-8,10H,3-6H2,1-2H3,(H,18,19)(H,14,15,17). The predicted molar refractivity (Wildman–Crippen MR) is 71.6 cm³/mol. The Kier molecular flexibility index (Phi) is 3.87. The third kappa shape index (κ3) is 2.94. The summed E-state index contributed by atoms with van der Waals surface area (Å²) in [7, 11) is 0. The highest BCUT2D eigenvalue weighted by Gasteiger charge is 2.30. The van der Waals surface area contributed by atoms with Crippen LogP contribution in [0.15, 0.2) is 10.9 Å². The summed E-state index contributed by atoms with van der Waals surface area (Å²) in [4.78, 5) is 31.7. The van der Waals surface area contributed by atoms with E-state index in [0.717, 1.165) is 12.8 Å². The van der Waals surface area contributed by atoms with Gasteiger partial charge in [0.2, 0.25) is 5.95 Å². The fourth-order valence-electron chi connectivity index (χ4n) is 2.34. The number of hydrogen-bond donors (Lipinski definition) is 2. The van der Waals surface area contributed by atoms with E-state index >= 15 is 0 Å². The highest BCUT2D eigenvalue weighted by molar-refractivity contribution is 5.77. The van der Waals surface area contributed by atoms with E-state index in [1.807, 2.05) is 13.8 Å². The van der Waals surface area contributed by atoms with Crippen molar-refractivity contribution >= 4 is 11.9 Å². The van der Waals surface area contributed by atoms with E-state index in [2.05, 4.69) is 9.97 Å². The molecule has 1 aromatic heterocycles. The van der Waals surface area contributed by atoms with Crippen molar-refractivity contribution in [3.63, 3.8) is 0 Å². The number of rotatable bonds is 3. The molecular formula is C13H19N3O3. The van der Waals surface area contributed by atoms with Gasteiger partial charge in [-0.25, -0.2) is 9.78 Å². The van der Waals surface area contributed by atoms with Crippen LogP contribution in [0.4, 0.5) is 5.95 Å². The van der Waals surface area contributed by atoms with Gasteiger partial charge in [0.05, 0.1) is 5.69 Å². The zero-order valence-corrected chi connectivity index (χ0v) is 11.2. The van der Waals surface area contributed by atoms with Crippen LogP contribution in [0, 0.1) is 0 Å². The number of nitrogens with one attached hydrogen (secondary N) is 1. The lowest BCUT2D eigenvalue weighted by atomic mass is 10.0. The van der Waals surface area contributed by atoms with E-state index in [1.165, 1.54) is 6.07 Å². The molecule has 0 radical (unpaired) electrons. The summed E-state index contributed by atoms with van der Waals surface area (Å²) in [6, 6.07) is 0.868. The van der Waals surface area contributed by atoms with Crippen molar-refractivity contribution in [1.82, 2.24) is 9.97 Å². The summed E-state index contributed by atoms with van der Waals surface area (Å²) in [5.41, 5.74) is 0.455. The van der Waals surface area contributed by atoms with Crippen molar-refractivity contribution in [3.8, 4) is 0 Å². The molecule has 2 heterocycles. The van der Waals surface area contributed by atoms with Gasteiger partial charge in [-0.15, -0.1) is 0 Å². The van der Waals surface area contributed by atoms with Crippen LogP contribution < -0.4 is 10.5 Å². The molecule has 1 aromatic rings. The van der Waals surface area contributed by atoms with Gasteiger partial charge >= 0.3 is 5.97 Å². The number of piperidine rings is 1. The number of anilines is 1. The number of carboxylic acid groups (broad SMARTS) is 1. The Hall–Kier alpha value is -1.85. The van der Waals surface area contributed by atoms with Crippen molar-refractivity contribution in [2.45, 2.75) is 45.1 Å². The van der Waals surface area contributed by atoms with Crippen LogP contribution in [-0.4, -0.2) is 33.6 Å². The number of hydrogen-bond acceptors (Lipinski definition) is 4. The molecule has 6 heteroatoms. The van der Waals surface area contributed by atoms with Crippen LogP contribution in [-0.2, 0) is 4.79 Å². The van der Waals surface area contributed by atoms with Gasteiger partial charge in [-0.05, 0) is 25.2 Å². The molecule has 6 nitrogen and oxygen atoms in total. The summed E-state index contributed by atoms with van der Waals surface area (Å²) >= 11 is 0. The summed E-state index contributed by atoms with van der Waals surface area (Å²) in [6.07, 6.45) is 2.39. The van der Waals surface area contributed by atoms with Crippen LogP contribution in [0.1, 0.15) is 44.7 Å². The SMILES string of the molecule is CC(C)c1cc(=O)[nH]c(N2CCCCC2C(=O)O)n1. The van der Waals surface area contributed by atoms with Crippen molar-refractivity contribution in [3.05, 3.63) is 22.1 Å². The van der Waals surface area contributed by atoms with Gasteiger partial charge in [0.15, 0.2) is 0 Å². The summed E-state index contributed by atoms with van der Waals surface area (Å²) < 4.78 is 0. The Morgan fingerprint density at radius 1 is 1.53 bits per heavy atom. The first-order valence-electron chi connectivity index (χ1n) is 6.59. The Balaban J connectivity index is 2.38. The highest BCUT2D eigenvalue weighted by atomic mass is 16.4. The smallest absolute Gasteiger partial charge is 0.326 e. The number of carboxylic acids is 1. The van der Waals surface area contributed by atoms with Gasteiger partial charge in [-0.1, -0.05) is 13.8 Å². The minimum absolute atomic E-state index is 0.133. The van der Waals surface area contributed by atoms with Gasteiger partial charge in [0.25, 0.3) is 5.56 Å². The first-order valence-corrected chi connectivity index (χ1v) is 6.59. The summed E-state index contributed by atoms with van der Waals surface area (Å²) in [5, 5.41) is 9.26. The second kappa shape index (κ2) is 5.42. The predicted octanol–water partition coefficient (Wildman–Crippen LogP) is 1.34. The molecule has 0 bridgehead atoms. The molecule has 0 saturated carbocycles. The van der Waals surface area contributed by atoms with Gasteiger partial charge in [-0.3, -0.25) is 9.78 Å². The van der Waals surface area contributed by atoms with E-state index in [9.17, 15) is 14.7 Å². The molecule has 1 aliphatic heterocycles. The lowest BCUT2D eigenvalue weighted by Gasteiger charge is -2.33. The highest BCUT2D eigenvalue weighted by Crippen LogP contribution is 2.22. The molecule has 1 aliphatic rings. The fourth-order valence-corrected chi connectivity index (χ4v) is 2.34. The van der Waals surface area contributed by atoms with Crippen LogP contribution in [0.5, 0.6) is 0 Å². The van der Waals surface area contributed by atoms with Crippen molar-refractivity contribution < 1.29 is 9.90 Å². The van der Waals surface area contributed by atoms with E-state index < -0.39 is 12.0 Å². The second-order valence-electron chi connectivity index (χ2n) is 5.19. The van der Waals surface area contributed by atoms with Gasteiger partial charge < -0.3 is 10.0 Å². The zero-order valence-electron chi connectivity index (χ0n) is 11.2. The Morgan fingerprint density at radius 3 is 2.89 bits per heavy atom. The molecule has 0 spiro atoms. The third-order valence-corrected chi connectivity index (χ3v) is 3.40. The maximum absolute atomic E-state index is 11.7. The molecule has 0 aromatic carbocycles. The largest absolute Gasteiger partial charge is 0.480 e. The topological polar surface area (TPSA) is 86.3 Å². The molecule has 0 aliphatic carbocycles. The monoisotopic (exact) mass is 265 g/mol. The molecule has 1 saturated heterocycles. The summed E-state index contributed by atoms with van der Waals surface area (Å²) in [5.74, 6) is -0.352. The number of aliphatic carboxylic acids is 1. The second-order valence-corrected chi connectivity index (χ2v) is 5.19. The third-order valence-electron chi connectivity index (χ3n) is 3.40. The molecule has 0 amide bonds. The average molecular weight is 265 g/mol. The number of H-pyrrole nitrogens is 1. The van der Waals surface area contributed by atoms with Crippen molar-refractivity contribution in [2.75, 3.05) is 11.4 Å². The normalized spacial score (nSPS) is 19.7. The maximum Gasteiger partial charge on any atom is 0.326 e. The van der Waals surface area contributed by atoms with E-state index in [0.29, 0.717) is 24.6 Å². The zero-order chi connectivity index (χ0) is 14.0. The molecule has 1 atom stereocenters. The van der Waals surface area contributed by atoms with Crippen LogP contribution in [0.3, 0.4) is 0 Å². The minimum atomic E-state index is -0.864. The van der Waals surface area contributed by atoms with Crippen molar-refractivity contribution in [2.24, 2.45) is 0 Å². The molecule has 19 heavy (non-hydrogen) atoms. The quantitative estimate of drug-likeness (QED) is 0.861. The number of nitrogens with zero attached hydrogens (tertiary/aromatic N) is 2. The van der Waals surface area contributed by atoms with Crippen LogP contribution in [0.2, 0.25) is 0 Å². The first kappa shape index (κ1) is 13.6. The fraction of sp³-hybridized carbons (Fsp3) is 0.615. The molecule has 1 fully saturated rings. The lowest BCUT2D eigenvalue weighted by molar-refractivity contribution is -0.139. The Morgan fingerprint density at radius 2 is 2.26 bits per heavy atom. The Bertz CT molecular complexity index is 524. The molecule has 2 rings (SSSR count). The minimum Gasteiger partial charge on any atom is -0.480 e. The van der Waals surface area contributed by atoms with E-state index in [4.69, 9.17) is 0 Å². The molecule has 1 unspecified atom stereocenters. The molecule has 2 N–H and O–H groups in total. The van der Waals surface area contributed by atoms with Gasteiger partial charge in [-0.2, -0.15) is 0 Å². The number of carbonyl (C=O) groups is 1. The number of aromatic nitrogens is 2. The van der Waals surface area contributed by atoms with Gasteiger partial charge in [0, 0.05) is 12.6 Å². The Labute approximate surface area is 111 Å². The lowest BCUT2D eigenvalue weighted by Crippen LogP contribution is -2.46. The van der Waals surface area contributed by atoms with E-state index in [-0.39, 0.29) is 11.5 Å². The van der Waals surface area contributed by atoms with E-state index in [1.54, 1.807) is 4.90 Å². The van der Waals surface area contributed by atoms with Crippen LogP contribution in [0.25, 0.3) is 0 Å². The van der Waals surface area contributed by atoms with Crippen LogP contribution >= 0.6 is 0 Å². The average Bonchev–Trinajstić information content (AvgIpc) is 2.37. The van der Waals surface area contributed by atoms with Crippen molar-refractivity contribution in [1.29, 1.82) is 0 Å². The van der Waals surface area contributed by atoms with Gasteiger partial charge in [0.1, 0.15) is 6.04 Å².